The first-order chi connectivity index (χ1) is 10.6. The average Bonchev–Trinajstić information content (AvgIpc) is 2.90. The first kappa shape index (κ1) is 19.5. The molecule has 0 aliphatic heterocycles. The quantitative estimate of drug-likeness (QED) is 0.435. The van der Waals surface area contributed by atoms with Gasteiger partial charge >= 0.3 is 0 Å². The fourth-order valence-corrected chi connectivity index (χ4v) is 2.33. The second-order valence-corrected chi connectivity index (χ2v) is 5.36. The van der Waals surface area contributed by atoms with Gasteiger partial charge in [-0.05, 0) is 48.2 Å². The Morgan fingerprint density at radius 1 is 1.26 bits per heavy atom. The predicted molar refractivity (Wildman–Crippen MR) is 104 cm³/mol. The van der Waals surface area contributed by atoms with E-state index in [0.717, 1.165) is 36.6 Å². The van der Waals surface area contributed by atoms with Crippen LogP contribution < -0.4 is 10.6 Å². The van der Waals surface area contributed by atoms with Crippen molar-refractivity contribution in [2.75, 3.05) is 13.6 Å². The molecule has 126 valence electrons. The number of nitrogens with one attached hydrogen (secondary N) is 2. The third kappa shape index (κ3) is 6.21. The summed E-state index contributed by atoms with van der Waals surface area (Å²) in [6.45, 7) is 3.41. The number of guanidine groups is 1. The van der Waals surface area contributed by atoms with Crippen molar-refractivity contribution in [2.45, 2.75) is 19.9 Å². The molecule has 1 aromatic carbocycles. The number of hydrogen-bond donors (Lipinski definition) is 2. The van der Waals surface area contributed by atoms with Crippen molar-refractivity contribution in [3.63, 3.8) is 0 Å². The lowest BCUT2D eigenvalue weighted by atomic mass is 10.1. The van der Waals surface area contributed by atoms with Gasteiger partial charge in [-0.1, -0.05) is 6.07 Å². The topological polar surface area (TPSA) is 41.4 Å². The van der Waals surface area contributed by atoms with Crippen LogP contribution in [0.5, 0.6) is 0 Å². The highest BCUT2D eigenvalue weighted by molar-refractivity contribution is 14.0. The Morgan fingerprint density at radius 3 is 2.65 bits per heavy atom. The summed E-state index contributed by atoms with van der Waals surface area (Å²) in [6.07, 6.45) is 4.92. The normalized spacial score (nSPS) is 11.0. The molecule has 4 nitrogen and oxygen atoms in total. The molecule has 0 atom stereocenters. The van der Waals surface area contributed by atoms with Crippen molar-refractivity contribution in [1.82, 2.24) is 15.2 Å². The maximum absolute atomic E-state index is 13.1. The van der Waals surface area contributed by atoms with Gasteiger partial charge in [0.25, 0.3) is 0 Å². The van der Waals surface area contributed by atoms with E-state index < -0.39 is 0 Å². The van der Waals surface area contributed by atoms with E-state index >= 15 is 0 Å². The summed E-state index contributed by atoms with van der Waals surface area (Å²) < 4.78 is 15.1. The summed E-state index contributed by atoms with van der Waals surface area (Å²) in [5, 5.41) is 6.55. The van der Waals surface area contributed by atoms with Gasteiger partial charge in [-0.15, -0.1) is 24.0 Å². The molecule has 0 radical (unpaired) electrons. The standard InChI is InChI=1S/C17H23FN4.HI/c1-13-10-16(18)5-4-15(13)6-8-20-17(19-2)21-11-14-7-9-22(3)12-14;/h4-5,7,9-10,12H,6,8,11H2,1-3H3,(H2,19,20,21);1H. The van der Waals surface area contributed by atoms with Crippen molar-refractivity contribution < 1.29 is 4.39 Å². The van der Waals surface area contributed by atoms with Crippen LogP contribution in [0.15, 0.2) is 41.7 Å². The van der Waals surface area contributed by atoms with Crippen molar-refractivity contribution in [3.05, 3.63) is 59.2 Å². The van der Waals surface area contributed by atoms with Crippen LogP contribution in [0.4, 0.5) is 4.39 Å². The Balaban J connectivity index is 0.00000264. The Morgan fingerprint density at radius 2 is 2.04 bits per heavy atom. The number of aromatic nitrogens is 1. The molecule has 1 heterocycles. The number of nitrogens with zero attached hydrogens (tertiary/aromatic N) is 2. The molecule has 0 saturated carbocycles. The molecule has 0 amide bonds. The number of rotatable bonds is 5. The molecule has 0 unspecified atom stereocenters. The number of hydrogen-bond acceptors (Lipinski definition) is 1. The van der Waals surface area contributed by atoms with Crippen molar-refractivity contribution >= 4 is 29.9 Å². The lowest BCUT2D eigenvalue weighted by molar-refractivity contribution is 0.625. The molecule has 0 aliphatic carbocycles. The fourth-order valence-electron chi connectivity index (χ4n) is 2.33. The zero-order valence-corrected chi connectivity index (χ0v) is 16.1. The third-order valence-electron chi connectivity index (χ3n) is 3.57. The highest BCUT2D eigenvalue weighted by Gasteiger charge is 2.02. The Hall–Kier alpha value is -1.57. The minimum atomic E-state index is -0.186. The van der Waals surface area contributed by atoms with Crippen LogP contribution in [-0.2, 0) is 20.0 Å². The van der Waals surface area contributed by atoms with Crippen LogP contribution in [0.25, 0.3) is 0 Å². The molecule has 2 aromatic rings. The molecule has 6 heteroatoms. The van der Waals surface area contributed by atoms with E-state index in [0.29, 0.717) is 0 Å². The van der Waals surface area contributed by atoms with E-state index in [1.807, 2.05) is 30.8 Å². The number of benzene rings is 1. The molecule has 23 heavy (non-hydrogen) atoms. The first-order valence-corrected chi connectivity index (χ1v) is 7.39. The van der Waals surface area contributed by atoms with E-state index in [4.69, 9.17) is 0 Å². The molecule has 0 spiro atoms. The summed E-state index contributed by atoms with van der Waals surface area (Å²) in [5.41, 5.74) is 3.33. The van der Waals surface area contributed by atoms with Gasteiger partial charge in [-0.25, -0.2) is 4.39 Å². The van der Waals surface area contributed by atoms with Crippen LogP contribution in [0.1, 0.15) is 16.7 Å². The summed E-state index contributed by atoms with van der Waals surface area (Å²) in [7, 11) is 3.76. The molecule has 0 fully saturated rings. The molecule has 2 N–H and O–H groups in total. The third-order valence-corrected chi connectivity index (χ3v) is 3.57. The lowest BCUT2D eigenvalue weighted by Crippen LogP contribution is -2.37. The molecule has 1 aromatic heterocycles. The van der Waals surface area contributed by atoms with Crippen LogP contribution in [0, 0.1) is 12.7 Å². The van der Waals surface area contributed by atoms with Gasteiger partial charge in [0.15, 0.2) is 5.96 Å². The van der Waals surface area contributed by atoms with Gasteiger partial charge in [-0.2, -0.15) is 0 Å². The molecule has 0 saturated heterocycles. The van der Waals surface area contributed by atoms with Gasteiger partial charge in [0, 0.05) is 39.6 Å². The second-order valence-electron chi connectivity index (χ2n) is 5.36. The molecule has 0 aliphatic rings. The molecular weight excluding hydrogens is 406 g/mol. The van der Waals surface area contributed by atoms with Crippen molar-refractivity contribution in [3.8, 4) is 0 Å². The zero-order valence-electron chi connectivity index (χ0n) is 13.8. The number of aryl methyl sites for hydroxylation is 2. The molecular formula is C17H24FIN4. The van der Waals surface area contributed by atoms with Gasteiger partial charge in [-0.3, -0.25) is 4.99 Å². The molecule has 2 rings (SSSR count). The largest absolute Gasteiger partial charge is 0.357 e. The van der Waals surface area contributed by atoms with Crippen molar-refractivity contribution in [2.24, 2.45) is 12.0 Å². The Labute approximate surface area is 154 Å². The highest BCUT2D eigenvalue weighted by atomic mass is 127. The van der Waals surface area contributed by atoms with Gasteiger partial charge in [0.05, 0.1) is 0 Å². The summed E-state index contributed by atoms with van der Waals surface area (Å²) in [5.74, 6) is 0.582. The number of halogens is 2. The van der Waals surface area contributed by atoms with Gasteiger partial charge in [0.2, 0.25) is 0 Å². The van der Waals surface area contributed by atoms with E-state index in [2.05, 4.69) is 27.9 Å². The fraction of sp³-hybridized carbons (Fsp3) is 0.353. The zero-order chi connectivity index (χ0) is 15.9. The lowest BCUT2D eigenvalue weighted by Gasteiger charge is -2.12. The van der Waals surface area contributed by atoms with Crippen LogP contribution in [-0.4, -0.2) is 24.1 Å². The van der Waals surface area contributed by atoms with Crippen LogP contribution >= 0.6 is 24.0 Å². The summed E-state index contributed by atoms with van der Waals surface area (Å²) in [4.78, 5) is 4.21. The first-order valence-electron chi connectivity index (χ1n) is 7.39. The summed E-state index contributed by atoms with van der Waals surface area (Å²) in [6, 6.07) is 6.98. The minimum absolute atomic E-state index is 0. The smallest absolute Gasteiger partial charge is 0.191 e. The Bertz CT molecular complexity index is 652. The Kier molecular flexibility index (Phi) is 8.08. The maximum Gasteiger partial charge on any atom is 0.191 e. The highest BCUT2D eigenvalue weighted by Crippen LogP contribution is 2.10. The average molecular weight is 430 g/mol. The van der Waals surface area contributed by atoms with E-state index in [-0.39, 0.29) is 29.8 Å². The monoisotopic (exact) mass is 430 g/mol. The minimum Gasteiger partial charge on any atom is -0.357 e. The van der Waals surface area contributed by atoms with Gasteiger partial charge < -0.3 is 15.2 Å². The van der Waals surface area contributed by atoms with Crippen molar-refractivity contribution in [1.29, 1.82) is 0 Å². The predicted octanol–water partition coefficient (Wildman–Crippen LogP) is 3.00. The van der Waals surface area contributed by atoms with Crippen LogP contribution in [0.2, 0.25) is 0 Å². The van der Waals surface area contributed by atoms with Crippen LogP contribution in [0.3, 0.4) is 0 Å². The SMILES string of the molecule is CN=C(NCCc1ccc(F)cc1C)NCc1ccn(C)c1.I. The van der Waals surface area contributed by atoms with E-state index in [9.17, 15) is 4.39 Å². The maximum atomic E-state index is 13.1. The second kappa shape index (κ2) is 9.54. The summed E-state index contributed by atoms with van der Waals surface area (Å²) >= 11 is 0. The van der Waals surface area contributed by atoms with E-state index in [1.165, 1.54) is 11.6 Å². The van der Waals surface area contributed by atoms with E-state index in [1.54, 1.807) is 13.1 Å². The van der Waals surface area contributed by atoms with Gasteiger partial charge in [0.1, 0.15) is 5.82 Å². The molecule has 0 bridgehead atoms. The number of aliphatic imine (C=N–C) groups is 1.